The van der Waals surface area contributed by atoms with Crippen LogP contribution in [0.15, 0.2) is 48.5 Å². The number of benzene rings is 2. The van der Waals surface area contributed by atoms with Crippen LogP contribution in [0.3, 0.4) is 0 Å². The summed E-state index contributed by atoms with van der Waals surface area (Å²) >= 11 is 0. The first kappa shape index (κ1) is 20.8. The highest BCUT2D eigenvalue weighted by molar-refractivity contribution is 5.89. The second-order valence-corrected chi connectivity index (χ2v) is 6.92. The van der Waals surface area contributed by atoms with E-state index in [1.165, 1.54) is 4.90 Å². The van der Waals surface area contributed by atoms with Gasteiger partial charge in [0, 0.05) is 13.1 Å². The van der Waals surface area contributed by atoms with Gasteiger partial charge in [0.1, 0.15) is 11.9 Å². The number of likely N-dealkylation sites (tertiary alicyclic amines) is 1. The minimum absolute atomic E-state index is 0.154. The number of carbonyl (C=O) groups is 2. The molecular formula is C21H20F4N2O2. The van der Waals surface area contributed by atoms with E-state index in [4.69, 9.17) is 0 Å². The van der Waals surface area contributed by atoms with Gasteiger partial charge in [0.15, 0.2) is 0 Å². The Morgan fingerprint density at radius 2 is 1.83 bits per heavy atom. The zero-order chi connectivity index (χ0) is 21.0. The molecule has 0 aliphatic carbocycles. The van der Waals surface area contributed by atoms with E-state index in [-0.39, 0.29) is 17.9 Å². The molecule has 4 nitrogen and oxygen atoms in total. The molecule has 1 aliphatic rings. The standard InChI is InChI=1S/C21H20F4N2O2/c22-16-9-8-15(17(12-16)21(23,24)25)13-26-20(29)18-7-4-10-27(18)19(28)11-14-5-2-1-3-6-14/h1-3,5-6,8-9,12,18H,4,7,10-11,13H2,(H,26,29). The lowest BCUT2D eigenvalue weighted by atomic mass is 10.1. The van der Waals surface area contributed by atoms with Crippen molar-refractivity contribution in [2.24, 2.45) is 0 Å². The number of amides is 2. The molecule has 1 aliphatic heterocycles. The fraction of sp³-hybridized carbons (Fsp3) is 0.333. The van der Waals surface area contributed by atoms with Crippen molar-refractivity contribution in [2.75, 3.05) is 6.54 Å². The van der Waals surface area contributed by atoms with Crippen molar-refractivity contribution < 1.29 is 27.2 Å². The van der Waals surface area contributed by atoms with Crippen LogP contribution in [0, 0.1) is 5.82 Å². The predicted molar refractivity (Wildman–Crippen MR) is 98.1 cm³/mol. The Morgan fingerprint density at radius 3 is 2.52 bits per heavy atom. The quantitative estimate of drug-likeness (QED) is 0.768. The van der Waals surface area contributed by atoms with Gasteiger partial charge < -0.3 is 10.2 Å². The lowest BCUT2D eigenvalue weighted by Crippen LogP contribution is -2.46. The second-order valence-electron chi connectivity index (χ2n) is 6.92. The molecule has 1 fully saturated rings. The van der Waals surface area contributed by atoms with Crippen LogP contribution in [0.5, 0.6) is 0 Å². The largest absolute Gasteiger partial charge is 0.416 e. The molecule has 0 spiro atoms. The first-order chi connectivity index (χ1) is 13.8. The van der Waals surface area contributed by atoms with Gasteiger partial charge in [0.05, 0.1) is 12.0 Å². The number of halogens is 4. The van der Waals surface area contributed by atoms with Crippen LogP contribution >= 0.6 is 0 Å². The average Bonchev–Trinajstić information content (AvgIpc) is 3.17. The monoisotopic (exact) mass is 408 g/mol. The summed E-state index contributed by atoms with van der Waals surface area (Å²) in [7, 11) is 0. The molecule has 8 heteroatoms. The summed E-state index contributed by atoms with van der Waals surface area (Å²) in [4.78, 5) is 26.6. The van der Waals surface area contributed by atoms with Crippen LogP contribution in [0.25, 0.3) is 0 Å². The molecule has 2 aromatic rings. The summed E-state index contributed by atoms with van der Waals surface area (Å²) in [5.41, 5.74) is -0.529. The third-order valence-electron chi connectivity index (χ3n) is 4.90. The van der Waals surface area contributed by atoms with Crippen LogP contribution < -0.4 is 5.32 Å². The molecule has 29 heavy (non-hydrogen) atoms. The highest BCUT2D eigenvalue weighted by Gasteiger charge is 2.36. The first-order valence-corrected chi connectivity index (χ1v) is 9.22. The van der Waals surface area contributed by atoms with E-state index < -0.39 is 36.1 Å². The first-order valence-electron chi connectivity index (χ1n) is 9.22. The molecule has 2 aromatic carbocycles. The van der Waals surface area contributed by atoms with Gasteiger partial charge in [-0.15, -0.1) is 0 Å². The molecular weight excluding hydrogens is 388 g/mol. The van der Waals surface area contributed by atoms with E-state index in [9.17, 15) is 27.2 Å². The van der Waals surface area contributed by atoms with E-state index in [1.807, 2.05) is 30.3 Å². The Kier molecular flexibility index (Phi) is 6.20. The van der Waals surface area contributed by atoms with Crippen molar-refractivity contribution in [1.29, 1.82) is 0 Å². The molecule has 1 unspecified atom stereocenters. The zero-order valence-corrected chi connectivity index (χ0v) is 15.5. The van der Waals surface area contributed by atoms with Crippen LogP contribution in [-0.2, 0) is 28.7 Å². The molecule has 1 heterocycles. The Hall–Kier alpha value is -2.90. The predicted octanol–water partition coefficient (Wildman–Crippen LogP) is 3.69. The third kappa shape index (κ3) is 5.13. The van der Waals surface area contributed by atoms with Gasteiger partial charge in [-0.3, -0.25) is 9.59 Å². The molecule has 0 saturated carbocycles. The summed E-state index contributed by atoms with van der Waals surface area (Å²) in [5.74, 6) is -1.71. The van der Waals surface area contributed by atoms with Gasteiger partial charge in [-0.05, 0) is 36.1 Å². The van der Waals surface area contributed by atoms with Crippen LogP contribution in [-0.4, -0.2) is 29.3 Å². The number of hydrogen-bond donors (Lipinski definition) is 1. The number of nitrogens with zero attached hydrogens (tertiary/aromatic N) is 1. The van der Waals surface area contributed by atoms with Gasteiger partial charge in [-0.2, -0.15) is 13.2 Å². The number of carbonyl (C=O) groups excluding carboxylic acids is 2. The molecule has 1 atom stereocenters. The summed E-state index contributed by atoms with van der Waals surface area (Å²) in [6.07, 6.45) is -3.49. The van der Waals surface area contributed by atoms with Gasteiger partial charge in [-0.25, -0.2) is 4.39 Å². The van der Waals surface area contributed by atoms with Gasteiger partial charge in [0.2, 0.25) is 11.8 Å². The third-order valence-corrected chi connectivity index (χ3v) is 4.90. The molecule has 3 rings (SSSR count). The maximum Gasteiger partial charge on any atom is 0.416 e. The Morgan fingerprint density at radius 1 is 1.10 bits per heavy atom. The van der Waals surface area contributed by atoms with Crippen molar-refractivity contribution in [1.82, 2.24) is 10.2 Å². The number of hydrogen-bond acceptors (Lipinski definition) is 2. The Bertz CT molecular complexity index is 884. The van der Waals surface area contributed by atoms with Gasteiger partial charge >= 0.3 is 6.18 Å². The Labute approximate surface area is 165 Å². The van der Waals surface area contributed by atoms with E-state index in [0.29, 0.717) is 25.5 Å². The molecule has 1 N–H and O–H groups in total. The van der Waals surface area contributed by atoms with Crippen molar-refractivity contribution in [3.8, 4) is 0 Å². The minimum Gasteiger partial charge on any atom is -0.350 e. The Balaban J connectivity index is 1.65. The fourth-order valence-corrected chi connectivity index (χ4v) is 3.48. The molecule has 0 bridgehead atoms. The molecule has 0 radical (unpaired) electrons. The van der Waals surface area contributed by atoms with Crippen molar-refractivity contribution in [3.05, 3.63) is 71.0 Å². The maximum absolute atomic E-state index is 13.2. The smallest absolute Gasteiger partial charge is 0.350 e. The lowest BCUT2D eigenvalue weighted by Gasteiger charge is -2.24. The summed E-state index contributed by atoms with van der Waals surface area (Å²) in [6.45, 7) is 0.0271. The maximum atomic E-state index is 13.2. The second kappa shape index (κ2) is 8.63. The fourth-order valence-electron chi connectivity index (χ4n) is 3.48. The highest BCUT2D eigenvalue weighted by Crippen LogP contribution is 2.32. The van der Waals surface area contributed by atoms with Crippen LogP contribution in [0.2, 0.25) is 0 Å². The van der Waals surface area contributed by atoms with Gasteiger partial charge in [-0.1, -0.05) is 36.4 Å². The summed E-state index contributed by atoms with van der Waals surface area (Å²) < 4.78 is 52.5. The number of alkyl halides is 3. The van der Waals surface area contributed by atoms with Crippen molar-refractivity contribution in [3.63, 3.8) is 0 Å². The number of rotatable bonds is 5. The van der Waals surface area contributed by atoms with Crippen molar-refractivity contribution >= 4 is 11.8 Å². The van der Waals surface area contributed by atoms with E-state index in [1.54, 1.807) is 0 Å². The zero-order valence-electron chi connectivity index (χ0n) is 15.5. The molecule has 0 aromatic heterocycles. The van der Waals surface area contributed by atoms with E-state index >= 15 is 0 Å². The molecule has 1 saturated heterocycles. The van der Waals surface area contributed by atoms with Gasteiger partial charge in [0.25, 0.3) is 0 Å². The highest BCUT2D eigenvalue weighted by atomic mass is 19.4. The lowest BCUT2D eigenvalue weighted by molar-refractivity contribution is -0.139. The SMILES string of the molecule is O=C(NCc1ccc(F)cc1C(F)(F)F)C1CCCN1C(=O)Cc1ccccc1. The van der Waals surface area contributed by atoms with E-state index in [2.05, 4.69) is 5.32 Å². The normalized spacial score (nSPS) is 16.7. The van der Waals surface area contributed by atoms with Crippen LogP contribution in [0.1, 0.15) is 29.5 Å². The molecule has 154 valence electrons. The number of nitrogens with one attached hydrogen (secondary N) is 1. The summed E-state index contributed by atoms with van der Waals surface area (Å²) in [5, 5.41) is 2.47. The molecule has 2 amide bonds. The average molecular weight is 408 g/mol. The topological polar surface area (TPSA) is 49.4 Å². The summed E-state index contributed by atoms with van der Waals surface area (Å²) in [6, 6.07) is 10.7. The minimum atomic E-state index is -4.73. The van der Waals surface area contributed by atoms with Crippen LogP contribution in [0.4, 0.5) is 17.6 Å². The van der Waals surface area contributed by atoms with Crippen molar-refractivity contribution in [2.45, 2.75) is 38.0 Å². The van der Waals surface area contributed by atoms with E-state index in [0.717, 1.165) is 17.7 Å².